The summed E-state index contributed by atoms with van der Waals surface area (Å²) in [7, 11) is 3.15. The average Bonchev–Trinajstić information content (AvgIpc) is 2.46. The van der Waals surface area contributed by atoms with Crippen LogP contribution in [0, 0.1) is 6.92 Å². The van der Waals surface area contributed by atoms with E-state index in [1.54, 1.807) is 14.0 Å². The van der Waals surface area contributed by atoms with Gasteiger partial charge >= 0.3 is 6.01 Å². The van der Waals surface area contributed by atoms with Crippen molar-refractivity contribution in [3.05, 3.63) is 35.7 Å². The smallest absolute Gasteiger partial charge is 0.321 e. The van der Waals surface area contributed by atoms with Gasteiger partial charge in [-0.05, 0) is 43.7 Å². The number of aromatic nitrogens is 3. The van der Waals surface area contributed by atoms with Crippen LogP contribution in [-0.4, -0.2) is 34.9 Å². The number of ether oxygens (including phenoxy) is 2. The molecule has 6 nitrogen and oxygen atoms in total. The van der Waals surface area contributed by atoms with Gasteiger partial charge < -0.3 is 9.47 Å². The average molecular weight is 272 g/mol. The Morgan fingerprint density at radius 1 is 1.00 bits per heavy atom. The van der Waals surface area contributed by atoms with Crippen molar-refractivity contribution in [3.63, 3.8) is 0 Å². The number of aliphatic imine (C=N–C) groups is 1. The summed E-state index contributed by atoms with van der Waals surface area (Å²) < 4.78 is 10.1. The molecule has 0 N–H and O–H groups in total. The Morgan fingerprint density at radius 3 is 2.30 bits per heavy atom. The number of methoxy groups -OCH3 is 2. The lowest BCUT2D eigenvalue weighted by atomic mass is 10.1. The Bertz CT molecular complexity index is 624. The lowest BCUT2D eigenvalue weighted by Gasteiger charge is -2.04. The first kappa shape index (κ1) is 13.9. The topological polar surface area (TPSA) is 69.5 Å². The van der Waals surface area contributed by atoms with E-state index in [1.807, 2.05) is 31.2 Å². The SMILES string of the molecule is COc1ccc(/C(C)=N/c2nc(C)nc(OC)n2)cc1. The fraction of sp³-hybridized carbons (Fsp3) is 0.286. The van der Waals surface area contributed by atoms with E-state index in [0.717, 1.165) is 17.0 Å². The third kappa shape index (κ3) is 3.28. The molecule has 1 aromatic heterocycles. The first-order chi connectivity index (χ1) is 9.62. The molecule has 2 aromatic rings. The van der Waals surface area contributed by atoms with Crippen LogP contribution in [-0.2, 0) is 0 Å². The molecule has 0 saturated carbocycles. The molecule has 0 unspecified atom stereocenters. The van der Waals surface area contributed by atoms with Crippen molar-refractivity contribution in [1.29, 1.82) is 0 Å². The van der Waals surface area contributed by atoms with Gasteiger partial charge in [0.05, 0.1) is 14.2 Å². The summed E-state index contributed by atoms with van der Waals surface area (Å²) in [6, 6.07) is 7.89. The fourth-order valence-corrected chi connectivity index (χ4v) is 1.63. The first-order valence-corrected chi connectivity index (χ1v) is 6.08. The second-order valence-corrected chi connectivity index (χ2v) is 4.10. The van der Waals surface area contributed by atoms with Crippen LogP contribution in [0.5, 0.6) is 11.8 Å². The van der Waals surface area contributed by atoms with Crippen LogP contribution in [0.3, 0.4) is 0 Å². The third-order valence-electron chi connectivity index (χ3n) is 2.67. The van der Waals surface area contributed by atoms with E-state index in [0.29, 0.717) is 11.8 Å². The normalized spacial score (nSPS) is 11.3. The van der Waals surface area contributed by atoms with Crippen molar-refractivity contribution in [1.82, 2.24) is 15.0 Å². The van der Waals surface area contributed by atoms with Crippen molar-refractivity contribution in [2.75, 3.05) is 14.2 Å². The standard InChI is InChI=1S/C14H16N4O2/c1-9(11-5-7-12(19-3)8-6-11)15-13-16-10(2)17-14(18-13)20-4/h5-8H,1-4H3/b15-9+. The molecule has 2 rings (SSSR count). The van der Waals surface area contributed by atoms with E-state index in [9.17, 15) is 0 Å². The van der Waals surface area contributed by atoms with Gasteiger partial charge in [0.25, 0.3) is 5.95 Å². The molecule has 0 fully saturated rings. The van der Waals surface area contributed by atoms with Crippen molar-refractivity contribution >= 4 is 11.7 Å². The molecular weight excluding hydrogens is 256 g/mol. The Hall–Kier alpha value is -2.50. The second-order valence-electron chi connectivity index (χ2n) is 4.10. The van der Waals surface area contributed by atoms with E-state index in [4.69, 9.17) is 9.47 Å². The summed E-state index contributed by atoms with van der Waals surface area (Å²) in [6.07, 6.45) is 0. The summed E-state index contributed by atoms with van der Waals surface area (Å²) >= 11 is 0. The van der Waals surface area contributed by atoms with E-state index >= 15 is 0 Å². The summed E-state index contributed by atoms with van der Waals surface area (Å²) in [5, 5.41) is 0. The summed E-state index contributed by atoms with van der Waals surface area (Å²) in [4.78, 5) is 16.7. The van der Waals surface area contributed by atoms with Gasteiger partial charge in [0.1, 0.15) is 11.6 Å². The number of nitrogens with zero attached hydrogens (tertiary/aromatic N) is 4. The van der Waals surface area contributed by atoms with Crippen LogP contribution < -0.4 is 9.47 Å². The lowest BCUT2D eigenvalue weighted by molar-refractivity contribution is 0.377. The maximum absolute atomic E-state index is 5.12. The van der Waals surface area contributed by atoms with E-state index in [-0.39, 0.29) is 6.01 Å². The van der Waals surface area contributed by atoms with E-state index < -0.39 is 0 Å². The van der Waals surface area contributed by atoms with Crippen molar-refractivity contribution in [3.8, 4) is 11.8 Å². The zero-order valence-corrected chi connectivity index (χ0v) is 11.9. The van der Waals surface area contributed by atoms with Crippen LogP contribution in [0.2, 0.25) is 0 Å². The minimum atomic E-state index is 0.263. The molecule has 0 amide bonds. The third-order valence-corrected chi connectivity index (χ3v) is 2.67. The molecule has 0 bridgehead atoms. The zero-order valence-electron chi connectivity index (χ0n) is 11.9. The van der Waals surface area contributed by atoms with Crippen molar-refractivity contribution in [2.24, 2.45) is 4.99 Å². The molecule has 0 saturated heterocycles. The Morgan fingerprint density at radius 2 is 1.70 bits per heavy atom. The highest BCUT2D eigenvalue weighted by Gasteiger charge is 2.04. The molecule has 0 aliphatic heterocycles. The molecule has 6 heteroatoms. The van der Waals surface area contributed by atoms with Crippen LogP contribution in [0.15, 0.2) is 29.3 Å². The molecule has 0 spiro atoms. The summed E-state index contributed by atoms with van der Waals surface area (Å²) in [6.45, 7) is 3.67. The predicted molar refractivity (Wildman–Crippen MR) is 76.0 cm³/mol. The fourth-order valence-electron chi connectivity index (χ4n) is 1.63. The van der Waals surface area contributed by atoms with Gasteiger partial charge in [-0.3, -0.25) is 0 Å². The van der Waals surface area contributed by atoms with Crippen LogP contribution in [0.1, 0.15) is 18.3 Å². The highest BCUT2D eigenvalue weighted by molar-refractivity contribution is 5.99. The summed E-state index contributed by atoms with van der Waals surface area (Å²) in [5.41, 5.74) is 1.78. The molecule has 0 atom stereocenters. The van der Waals surface area contributed by atoms with Crippen molar-refractivity contribution < 1.29 is 9.47 Å². The maximum atomic E-state index is 5.12. The molecule has 1 heterocycles. The monoisotopic (exact) mass is 272 g/mol. The molecule has 1 aromatic carbocycles. The van der Waals surface area contributed by atoms with Gasteiger partial charge in [0, 0.05) is 5.71 Å². The second kappa shape index (κ2) is 6.10. The van der Waals surface area contributed by atoms with Crippen LogP contribution >= 0.6 is 0 Å². The Balaban J connectivity index is 2.31. The summed E-state index contributed by atoms with van der Waals surface area (Å²) in [5.74, 6) is 1.71. The largest absolute Gasteiger partial charge is 0.497 e. The lowest BCUT2D eigenvalue weighted by Crippen LogP contribution is -1.99. The molecule has 0 radical (unpaired) electrons. The zero-order chi connectivity index (χ0) is 14.5. The number of hydrogen-bond acceptors (Lipinski definition) is 6. The number of rotatable bonds is 4. The van der Waals surface area contributed by atoms with Crippen LogP contribution in [0.4, 0.5) is 5.95 Å². The number of aryl methyl sites for hydroxylation is 1. The molecule has 104 valence electrons. The number of benzene rings is 1. The Kier molecular flexibility index (Phi) is 4.24. The molecular formula is C14H16N4O2. The van der Waals surface area contributed by atoms with Gasteiger partial charge in [-0.25, -0.2) is 4.99 Å². The van der Waals surface area contributed by atoms with E-state index in [1.165, 1.54) is 7.11 Å². The van der Waals surface area contributed by atoms with Gasteiger partial charge in [-0.2, -0.15) is 15.0 Å². The quantitative estimate of drug-likeness (QED) is 0.799. The molecule has 20 heavy (non-hydrogen) atoms. The van der Waals surface area contributed by atoms with Crippen LogP contribution in [0.25, 0.3) is 0 Å². The van der Waals surface area contributed by atoms with Gasteiger partial charge in [0.15, 0.2) is 0 Å². The Labute approximate surface area is 117 Å². The first-order valence-electron chi connectivity index (χ1n) is 6.08. The highest BCUT2D eigenvalue weighted by Crippen LogP contribution is 2.15. The minimum Gasteiger partial charge on any atom is -0.497 e. The van der Waals surface area contributed by atoms with Crippen molar-refractivity contribution in [2.45, 2.75) is 13.8 Å². The molecule has 0 aliphatic rings. The van der Waals surface area contributed by atoms with E-state index in [2.05, 4.69) is 19.9 Å². The molecule has 0 aliphatic carbocycles. The highest BCUT2D eigenvalue weighted by atomic mass is 16.5. The van der Waals surface area contributed by atoms with Gasteiger partial charge in [-0.15, -0.1) is 0 Å². The number of hydrogen-bond donors (Lipinski definition) is 0. The minimum absolute atomic E-state index is 0.263. The van der Waals surface area contributed by atoms with Gasteiger partial charge in [-0.1, -0.05) is 0 Å². The maximum Gasteiger partial charge on any atom is 0.321 e. The predicted octanol–water partition coefficient (Wildman–Crippen LogP) is 2.34. The van der Waals surface area contributed by atoms with Gasteiger partial charge in [0.2, 0.25) is 0 Å².